The Morgan fingerprint density at radius 3 is 2.56 bits per heavy atom. The van der Waals surface area contributed by atoms with E-state index < -0.39 is 0 Å². The van der Waals surface area contributed by atoms with Crippen molar-refractivity contribution in [1.29, 1.82) is 0 Å². The fraction of sp³-hybridized carbons (Fsp3) is 0.200. The number of hydrogen-bond donors (Lipinski definition) is 1. The Hall–Kier alpha value is -3.08. The SMILES string of the molecule is COc1ccc(-c2ocnc2C(=O)NC[C@H](C)c2ccccc2)cc1. The second-order valence-electron chi connectivity index (χ2n) is 5.78. The highest BCUT2D eigenvalue weighted by Gasteiger charge is 2.19. The van der Waals surface area contributed by atoms with E-state index in [-0.39, 0.29) is 17.5 Å². The number of hydrogen-bond acceptors (Lipinski definition) is 4. The van der Waals surface area contributed by atoms with Crippen LogP contribution in [0.25, 0.3) is 11.3 Å². The molecule has 1 N–H and O–H groups in total. The average molecular weight is 336 g/mol. The molecule has 0 aliphatic rings. The van der Waals surface area contributed by atoms with Crippen LogP contribution < -0.4 is 10.1 Å². The molecule has 0 aliphatic carbocycles. The zero-order valence-corrected chi connectivity index (χ0v) is 14.2. The number of benzene rings is 2. The maximum absolute atomic E-state index is 12.5. The number of aromatic nitrogens is 1. The van der Waals surface area contributed by atoms with Crippen LogP contribution in [0, 0.1) is 0 Å². The van der Waals surface area contributed by atoms with Gasteiger partial charge in [0.15, 0.2) is 17.8 Å². The summed E-state index contributed by atoms with van der Waals surface area (Å²) < 4.78 is 10.6. The second kappa shape index (κ2) is 7.66. The van der Waals surface area contributed by atoms with E-state index >= 15 is 0 Å². The molecule has 1 heterocycles. The predicted octanol–water partition coefficient (Wildman–Crippen LogP) is 3.88. The van der Waals surface area contributed by atoms with Crippen LogP contribution >= 0.6 is 0 Å². The molecule has 128 valence electrons. The van der Waals surface area contributed by atoms with Gasteiger partial charge in [0.05, 0.1) is 7.11 Å². The average Bonchev–Trinajstić information content (AvgIpc) is 3.16. The van der Waals surface area contributed by atoms with Gasteiger partial charge >= 0.3 is 0 Å². The number of nitrogens with zero attached hydrogens (tertiary/aromatic N) is 1. The van der Waals surface area contributed by atoms with Gasteiger partial charge in [0.1, 0.15) is 5.75 Å². The van der Waals surface area contributed by atoms with Crippen molar-refractivity contribution in [1.82, 2.24) is 10.3 Å². The third kappa shape index (κ3) is 3.88. The maximum Gasteiger partial charge on any atom is 0.273 e. The number of carbonyl (C=O) groups excluding carboxylic acids is 1. The molecule has 0 fully saturated rings. The highest BCUT2D eigenvalue weighted by atomic mass is 16.5. The Morgan fingerprint density at radius 1 is 1.16 bits per heavy atom. The lowest BCUT2D eigenvalue weighted by atomic mass is 10.0. The fourth-order valence-electron chi connectivity index (χ4n) is 2.58. The van der Waals surface area contributed by atoms with Crippen molar-refractivity contribution >= 4 is 5.91 Å². The minimum atomic E-state index is -0.248. The van der Waals surface area contributed by atoms with Crippen LogP contribution in [-0.4, -0.2) is 24.5 Å². The first-order valence-corrected chi connectivity index (χ1v) is 8.10. The van der Waals surface area contributed by atoms with E-state index in [0.717, 1.165) is 11.3 Å². The van der Waals surface area contributed by atoms with Gasteiger partial charge < -0.3 is 14.5 Å². The molecule has 25 heavy (non-hydrogen) atoms. The molecule has 0 saturated heterocycles. The molecule has 5 heteroatoms. The van der Waals surface area contributed by atoms with Crippen molar-refractivity contribution in [2.24, 2.45) is 0 Å². The number of methoxy groups -OCH3 is 1. The molecule has 0 aliphatic heterocycles. The molecule has 0 spiro atoms. The summed E-state index contributed by atoms with van der Waals surface area (Å²) >= 11 is 0. The maximum atomic E-state index is 12.5. The fourth-order valence-corrected chi connectivity index (χ4v) is 2.58. The largest absolute Gasteiger partial charge is 0.497 e. The van der Waals surface area contributed by atoms with E-state index in [1.807, 2.05) is 42.5 Å². The third-order valence-corrected chi connectivity index (χ3v) is 4.07. The van der Waals surface area contributed by atoms with Gasteiger partial charge in [0.25, 0.3) is 5.91 Å². The van der Waals surface area contributed by atoms with Crippen LogP contribution in [0.3, 0.4) is 0 Å². The minimum absolute atomic E-state index is 0.210. The molecular formula is C20H20N2O3. The number of nitrogens with one attached hydrogen (secondary N) is 1. The van der Waals surface area contributed by atoms with Crippen LogP contribution in [0.1, 0.15) is 28.9 Å². The summed E-state index contributed by atoms with van der Waals surface area (Å²) in [4.78, 5) is 16.6. The first-order chi connectivity index (χ1) is 12.2. The summed E-state index contributed by atoms with van der Waals surface area (Å²) in [7, 11) is 1.61. The minimum Gasteiger partial charge on any atom is -0.497 e. The quantitative estimate of drug-likeness (QED) is 0.742. The molecule has 3 rings (SSSR count). The Labute approximate surface area is 146 Å². The summed E-state index contributed by atoms with van der Waals surface area (Å²) in [6.45, 7) is 2.60. The van der Waals surface area contributed by atoms with Crippen molar-refractivity contribution in [2.75, 3.05) is 13.7 Å². The standard InChI is InChI=1S/C20H20N2O3/c1-14(15-6-4-3-5-7-15)12-21-20(23)18-19(25-13-22-18)16-8-10-17(24-2)11-9-16/h3-11,13-14H,12H2,1-2H3,(H,21,23)/t14-/m0/s1. The van der Waals surface area contributed by atoms with E-state index in [9.17, 15) is 4.79 Å². The van der Waals surface area contributed by atoms with Gasteiger partial charge in [-0.2, -0.15) is 0 Å². The van der Waals surface area contributed by atoms with E-state index in [1.54, 1.807) is 7.11 Å². The molecule has 2 aromatic carbocycles. The Morgan fingerprint density at radius 2 is 1.88 bits per heavy atom. The lowest BCUT2D eigenvalue weighted by Gasteiger charge is -2.12. The topological polar surface area (TPSA) is 64.4 Å². The van der Waals surface area contributed by atoms with Gasteiger partial charge in [0, 0.05) is 12.1 Å². The van der Waals surface area contributed by atoms with Gasteiger partial charge in [-0.15, -0.1) is 0 Å². The Balaban J connectivity index is 1.70. The van der Waals surface area contributed by atoms with Gasteiger partial charge in [-0.3, -0.25) is 4.79 Å². The molecule has 1 aromatic heterocycles. The molecule has 3 aromatic rings. The zero-order valence-electron chi connectivity index (χ0n) is 14.2. The number of rotatable bonds is 6. The highest BCUT2D eigenvalue weighted by molar-refractivity contribution is 5.97. The molecule has 0 unspecified atom stereocenters. The summed E-state index contributed by atoms with van der Waals surface area (Å²) in [5.41, 5.74) is 2.24. The normalized spacial score (nSPS) is 11.8. The van der Waals surface area contributed by atoms with Crippen LogP contribution in [0.5, 0.6) is 5.75 Å². The predicted molar refractivity (Wildman–Crippen MR) is 95.7 cm³/mol. The monoisotopic (exact) mass is 336 g/mol. The van der Waals surface area contributed by atoms with Gasteiger partial charge in [-0.1, -0.05) is 37.3 Å². The number of ether oxygens (including phenoxy) is 1. The van der Waals surface area contributed by atoms with Crippen molar-refractivity contribution in [3.8, 4) is 17.1 Å². The number of carbonyl (C=O) groups is 1. The summed E-state index contributed by atoms with van der Waals surface area (Å²) in [5.74, 6) is 1.15. The molecule has 1 atom stereocenters. The second-order valence-corrected chi connectivity index (χ2v) is 5.78. The first kappa shape index (κ1) is 16.8. The smallest absolute Gasteiger partial charge is 0.273 e. The highest BCUT2D eigenvalue weighted by Crippen LogP contribution is 2.25. The third-order valence-electron chi connectivity index (χ3n) is 4.07. The molecule has 0 saturated carbocycles. The van der Waals surface area contributed by atoms with Crippen LogP contribution in [0.2, 0.25) is 0 Å². The van der Waals surface area contributed by atoms with Crippen LogP contribution in [0.4, 0.5) is 0 Å². The summed E-state index contributed by atoms with van der Waals surface area (Å²) in [6.07, 6.45) is 1.29. The van der Waals surface area contributed by atoms with Crippen molar-refractivity contribution in [3.63, 3.8) is 0 Å². The zero-order chi connectivity index (χ0) is 17.6. The van der Waals surface area contributed by atoms with E-state index in [2.05, 4.69) is 29.4 Å². The molecule has 1 amide bonds. The molecule has 0 radical (unpaired) electrons. The van der Waals surface area contributed by atoms with Gasteiger partial charge in [0.2, 0.25) is 0 Å². The molecule has 5 nitrogen and oxygen atoms in total. The van der Waals surface area contributed by atoms with Crippen molar-refractivity contribution in [2.45, 2.75) is 12.8 Å². The number of oxazole rings is 1. The van der Waals surface area contributed by atoms with E-state index in [0.29, 0.717) is 12.3 Å². The first-order valence-electron chi connectivity index (χ1n) is 8.10. The summed E-state index contributed by atoms with van der Waals surface area (Å²) in [6, 6.07) is 17.4. The molecule has 0 bridgehead atoms. The van der Waals surface area contributed by atoms with Gasteiger partial charge in [-0.05, 0) is 35.7 Å². The van der Waals surface area contributed by atoms with Crippen LogP contribution in [0.15, 0.2) is 65.4 Å². The van der Waals surface area contributed by atoms with Gasteiger partial charge in [-0.25, -0.2) is 4.98 Å². The Bertz CT molecular complexity index is 826. The van der Waals surface area contributed by atoms with Crippen molar-refractivity contribution in [3.05, 3.63) is 72.2 Å². The lowest BCUT2D eigenvalue weighted by molar-refractivity contribution is 0.0947. The lowest BCUT2D eigenvalue weighted by Crippen LogP contribution is -2.28. The number of amides is 1. The van der Waals surface area contributed by atoms with Crippen molar-refractivity contribution < 1.29 is 13.9 Å². The molecular weight excluding hydrogens is 316 g/mol. The van der Waals surface area contributed by atoms with E-state index in [4.69, 9.17) is 9.15 Å². The van der Waals surface area contributed by atoms with Crippen LogP contribution in [-0.2, 0) is 0 Å². The van der Waals surface area contributed by atoms with E-state index in [1.165, 1.54) is 12.0 Å². The summed E-state index contributed by atoms with van der Waals surface area (Å²) in [5, 5.41) is 2.93. The Kier molecular flexibility index (Phi) is 5.14.